The van der Waals surface area contributed by atoms with Crippen LogP contribution in [0.1, 0.15) is 5.56 Å². The molecule has 0 spiro atoms. The van der Waals surface area contributed by atoms with Gasteiger partial charge in [-0.25, -0.2) is 20.6 Å². The van der Waals surface area contributed by atoms with Crippen molar-refractivity contribution in [2.45, 2.75) is 6.17 Å². The molecule has 0 aliphatic carbocycles. The van der Waals surface area contributed by atoms with E-state index < -0.39 is 6.17 Å². The first kappa shape index (κ1) is 10.7. The molecule has 3 N–H and O–H groups in total. The Morgan fingerprint density at radius 2 is 2.06 bits per heavy atom. The summed E-state index contributed by atoms with van der Waals surface area (Å²) in [5.41, 5.74) is 0.889. The summed E-state index contributed by atoms with van der Waals surface area (Å²) in [7, 11) is 1.75. The number of hydrogen-bond donors (Lipinski definition) is 2. The summed E-state index contributed by atoms with van der Waals surface area (Å²) in [6.45, 7) is 0. The zero-order chi connectivity index (χ0) is 12.7. The van der Waals surface area contributed by atoms with E-state index in [1.807, 2.05) is 30.3 Å². The first-order chi connectivity index (χ1) is 8.66. The Kier molecular flexibility index (Phi) is 2.27. The Balaban J connectivity index is 1.99. The normalized spacial score (nSPS) is 22.3. The number of urea groups is 1. The Morgan fingerprint density at radius 3 is 2.78 bits per heavy atom. The summed E-state index contributed by atoms with van der Waals surface area (Å²) < 4.78 is 0. The monoisotopic (exact) mass is 244 g/mol. The van der Waals surface area contributed by atoms with Gasteiger partial charge in [-0.2, -0.15) is 5.10 Å². The van der Waals surface area contributed by atoms with Gasteiger partial charge < -0.3 is 0 Å². The van der Waals surface area contributed by atoms with Crippen molar-refractivity contribution in [1.29, 1.82) is 0 Å². The number of likely N-dealkylation sites (N-methyl/N-ethyl adjacent to an activating group) is 1. The Bertz CT molecular complexity index is 552. The van der Waals surface area contributed by atoms with Crippen LogP contribution >= 0.6 is 0 Å². The topological polar surface area (TPSA) is 86.3 Å². The maximum Gasteiger partial charge on any atom is 0.339 e. The second kappa shape index (κ2) is 3.81. The highest BCUT2D eigenvalue weighted by Gasteiger charge is 2.40. The molecule has 2 aliphatic heterocycles. The lowest BCUT2D eigenvalue weighted by Gasteiger charge is -2.28. The van der Waals surface area contributed by atoms with Gasteiger partial charge in [0, 0.05) is 12.6 Å². The van der Waals surface area contributed by atoms with E-state index in [2.05, 4.69) is 15.4 Å². The third-order valence-electron chi connectivity index (χ3n) is 2.84. The van der Waals surface area contributed by atoms with Gasteiger partial charge in [0.1, 0.15) is 0 Å². The number of nitrogens with two attached hydrogens (primary N) is 1. The van der Waals surface area contributed by atoms with E-state index in [0.717, 1.165) is 10.6 Å². The smallest absolute Gasteiger partial charge is 0.291 e. The Labute approximate surface area is 104 Å². The second-order valence-electron chi connectivity index (χ2n) is 4.07. The molecule has 7 heteroatoms. The van der Waals surface area contributed by atoms with Crippen molar-refractivity contribution in [3.63, 3.8) is 0 Å². The summed E-state index contributed by atoms with van der Waals surface area (Å²) in [5.74, 6) is 6.69. The van der Waals surface area contributed by atoms with E-state index in [9.17, 15) is 4.79 Å². The van der Waals surface area contributed by atoms with Crippen molar-refractivity contribution in [2.75, 3.05) is 7.05 Å². The molecule has 92 valence electrons. The minimum Gasteiger partial charge on any atom is -0.291 e. The average molecular weight is 244 g/mol. The van der Waals surface area contributed by atoms with E-state index in [-0.39, 0.29) is 6.03 Å². The lowest BCUT2D eigenvalue weighted by Crippen LogP contribution is -2.50. The number of benzene rings is 1. The molecule has 7 nitrogen and oxygen atoms in total. The van der Waals surface area contributed by atoms with Gasteiger partial charge in [0.15, 0.2) is 17.8 Å². The Morgan fingerprint density at radius 1 is 1.33 bits per heavy atom. The van der Waals surface area contributed by atoms with E-state index in [1.165, 1.54) is 0 Å². The van der Waals surface area contributed by atoms with E-state index in [0.29, 0.717) is 11.7 Å². The largest absolute Gasteiger partial charge is 0.339 e. The summed E-state index contributed by atoms with van der Waals surface area (Å²) in [6.07, 6.45) is -0.454. The van der Waals surface area contributed by atoms with Gasteiger partial charge in [0.2, 0.25) is 0 Å². The molecule has 0 radical (unpaired) electrons. The molecule has 1 aromatic rings. The number of nitrogens with zero attached hydrogens (tertiary/aromatic N) is 4. The number of carbonyl (C=O) groups is 1. The van der Waals surface area contributed by atoms with Crippen LogP contribution in [0.2, 0.25) is 0 Å². The fourth-order valence-corrected chi connectivity index (χ4v) is 1.97. The molecule has 0 saturated carbocycles. The summed E-state index contributed by atoms with van der Waals surface area (Å²) in [6, 6.07) is 9.18. The van der Waals surface area contributed by atoms with Crippen molar-refractivity contribution < 1.29 is 4.79 Å². The summed E-state index contributed by atoms with van der Waals surface area (Å²) >= 11 is 0. The number of nitrogens with one attached hydrogen (secondary N) is 1. The Hall–Kier alpha value is -2.41. The number of hydrazine groups is 1. The van der Waals surface area contributed by atoms with Gasteiger partial charge in [0.25, 0.3) is 0 Å². The zero-order valence-electron chi connectivity index (χ0n) is 9.74. The van der Waals surface area contributed by atoms with E-state index in [1.54, 1.807) is 12.1 Å². The number of hydrazone groups is 1. The number of hydrogen-bond acceptors (Lipinski definition) is 5. The lowest BCUT2D eigenvalue weighted by molar-refractivity contribution is 0.145. The number of fused-ring (bicyclic) bond motifs is 1. The SMILES string of the molecule is CN1N=C(c2ccccc2)N=C2NC(=O)N(N)C21. The third kappa shape index (κ3) is 1.52. The van der Waals surface area contributed by atoms with Crippen LogP contribution < -0.4 is 11.2 Å². The van der Waals surface area contributed by atoms with Crippen LogP contribution in [0.4, 0.5) is 4.79 Å². The van der Waals surface area contributed by atoms with Crippen LogP contribution in [0.3, 0.4) is 0 Å². The van der Waals surface area contributed by atoms with Crippen molar-refractivity contribution in [2.24, 2.45) is 15.9 Å². The van der Waals surface area contributed by atoms with Crippen molar-refractivity contribution >= 4 is 17.7 Å². The number of carbonyl (C=O) groups excluding carboxylic acids is 1. The molecule has 3 rings (SSSR count). The van der Waals surface area contributed by atoms with Crippen molar-refractivity contribution in [3.05, 3.63) is 35.9 Å². The first-order valence-electron chi connectivity index (χ1n) is 5.47. The number of amides is 2. The van der Waals surface area contributed by atoms with Gasteiger partial charge in [-0.3, -0.25) is 10.3 Å². The zero-order valence-corrected chi connectivity index (χ0v) is 9.74. The molecule has 1 saturated heterocycles. The maximum atomic E-state index is 11.5. The van der Waals surface area contributed by atoms with Gasteiger partial charge in [-0.1, -0.05) is 30.3 Å². The highest BCUT2D eigenvalue weighted by Crippen LogP contribution is 2.16. The maximum absolute atomic E-state index is 11.5. The van der Waals surface area contributed by atoms with Gasteiger partial charge >= 0.3 is 6.03 Å². The molecular formula is C11H12N6O. The minimum absolute atomic E-state index is 0.380. The predicted octanol–water partition coefficient (Wildman–Crippen LogP) is -0.0829. The van der Waals surface area contributed by atoms with E-state index in [4.69, 9.17) is 5.84 Å². The average Bonchev–Trinajstić information content (AvgIpc) is 2.66. The fourth-order valence-electron chi connectivity index (χ4n) is 1.97. The highest BCUT2D eigenvalue weighted by atomic mass is 16.2. The fraction of sp³-hybridized carbons (Fsp3) is 0.182. The predicted molar refractivity (Wildman–Crippen MR) is 66.5 cm³/mol. The number of aliphatic imine (C=N–C) groups is 1. The molecule has 0 bridgehead atoms. The molecule has 2 heterocycles. The molecule has 0 aromatic heterocycles. The van der Waals surface area contributed by atoms with Crippen LogP contribution in [-0.4, -0.2) is 40.9 Å². The molecule has 1 aromatic carbocycles. The standard InChI is InChI=1S/C11H12N6O/c1-16-10-9(14-11(18)17(10)12)13-8(15-16)7-5-3-2-4-6-7/h2-6,10H,12H2,1H3,(H,13,14,15,18). The van der Waals surface area contributed by atoms with Crippen molar-refractivity contribution in [1.82, 2.24) is 15.3 Å². The quantitative estimate of drug-likeness (QED) is 0.535. The van der Waals surface area contributed by atoms with Crippen LogP contribution in [0.25, 0.3) is 0 Å². The molecule has 1 unspecified atom stereocenters. The summed E-state index contributed by atoms with van der Waals surface area (Å²) in [4.78, 5) is 15.8. The highest BCUT2D eigenvalue weighted by molar-refractivity contribution is 6.15. The van der Waals surface area contributed by atoms with Crippen LogP contribution in [0, 0.1) is 0 Å². The number of amidine groups is 2. The third-order valence-corrected chi connectivity index (χ3v) is 2.84. The molecule has 1 fully saturated rings. The first-order valence-corrected chi connectivity index (χ1v) is 5.47. The molecule has 2 amide bonds. The van der Waals surface area contributed by atoms with Gasteiger partial charge in [-0.05, 0) is 0 Å². The lowest BCUT2D eigenvalue weighted by atomic mass is 10.2. The molecule has 18 heavy (non-hydrogen) atoms. The number of rotatable bonds is 1. The minimum atomic E-state index is -0.454. The molecule has 2 aliphatic rings. The summed E-state index contributed by atoms with van der Waals surface area (Å²) in [5, 5.41) is 9.64. The molecule has 1 atom stereocenters. The van der Waals surface area contributed by atoms with Crippen LogP contribution in [0.15, 0.2) is 40.4 Å². The van der Waals surface area contributed by atoms with Gasteiger partial charge in [-0.15, -0.1) is 0 Å². The molecular weight excluding hydrogens is 232 g/mol. The van der Waals surface area contributed by atoms with Gasteiger partial charge in [0.05, 0.1) is 0 Å². The van der Waals surface area contributed by atoms with Crippen LogP contribution in [-0.2, 0) is 0 Å². The van der Waals surface area contributed by atoms with Crippen LogP contribution in [0.5, 0.6) is 0 Å². The second-order valence-corrected chi connectivity index (χ2v) is 4.07. The van der Waals surface area contributed by atoms with E-state index >= 15 is 0 Å². The van der Waals surface area contributed by atoms with Crippen molar-refractivity contribution in [3.8, 4) is 0 Å².